The van der Waals surface area contributed by atoms with Gasteiger partial charge in [-0.25, -0.2) is 0 Å². The molecule has 0 atom stereocenters. The Hall–Kier alpha value is -2.54. The van der Waals surface area contributed by atoms with Crippen LogP contribution in [0.2, 0.25) is 0 Å². The smallest absolute Gasteiger partial charge is 0.416 e. The molecule has 0 spiro atoms. The van der Waals surface area contributed by atoms with Crippen LogP contribution in [0.3, 0.4) is 0 Å². The Morgan fingerprint density at radius 1 is 1.15 bits per heavy atom. The molecule has 0 bridgehead atoms. The summed E-state index contributed by atoms with van der Waals surface area (Å²) in [5, 5.41) is 8.90. The molecule has 4 nitrogen and oxygen atoms in total. The Bertz CT molecular complexity index is 800. The average Bonchev–Trinajstić information content (AvgIpc) is 2.57. The van der Waals surface area contributed by atoms with Crippen LogP contribution in [0.4, 0.5) is 18.9 Å². The maximum atomic E-state index is 12.8. The zero-order valence-electron chi connectivity index (χ0n) is 14.9. The second kappa shape index (κ2) is 7.60. The van der Waals surface area contributed by atoms with Gasteiger partial charge in [-0.3, -0.25) is 9.69 Å². The molecule has 2 aromatic carbocycles. The minimum Gasteiger partial charge on any atom is -0.481 e. The molecule has 1 heterocycles. The van der Waals surface area contributed by atoms with Gasteiger partial charge in [-0.15, -0.1) is 0 Å². The van der Waals surface area contributed by atoms with Crippen molar-refractivity contribution < 1.29 is 23.1 Å². The lowest BCUT2D eigenvalue weighted by Crippen LogP contribution is -2.49. The van der Waals surface area contributed by atoms with Crippen LogP contribution in [0.5, 0.6) is 0 Å². The molecular formula is C20H21F3N2O2. The Labute approximate surface area is 155 Å². The number of benzene rings is 2. The quantitative estimate of drug-likeness (QED) is 0.829. The molecule has 7 heteroatoms. The van der Waals surface area contributed by atoms with E-state index in [-0.39, 0.29) is 5.92 Å². The predicted molar refractivity (Wildman–Crippen MR) is 96.4 cm³/mol. The summed E-state index contributed by atoms with van der Waals surface area (Å²) in [5.74, 6) is -1.03. The standard InChI is InChI=1S/C20H21F3N2O2/c1-24(10-15-3-2-4-17(9-15)20(21,22)23)18-7-5-14(6-8-18)11-25-12-16(13-25)19(26)27/h2-9,16H,10-13H2,1H3,(H,26,27). The maximum absolute atomic E-state index is 12.8. The molecule has 1 saturated heterocycles. The first-order valence-electron chi connectivity index (χ1n) is 8.64. The summed E-state index contributed by atoms with van der Waals surface area (Å²) < 4.78 is 38.5. The van der Waals surface area contributed by atoms with Gasteiger partial charge in [0.25, 0.3) is 0 Å². The summed E-state index contributed by atoms with van der Waals surface area (Å²) in [6, 6.07) is 13.1. The highest BCUT2D eigenvalue weighted by atomic mass is 19.4. The Morgan fingerprint density at radius 2 is 1.81 bits per heavy atom. The van der Waals surface area contributed by atoms with Crippen molar-refractivity contribution in [3.63, 3.8) is 0 Å². The highest BCUT2D eigenvalue weighted by molar-refractivity contribution is 5.71. The SMILES string of the molecule is CN(Cc1cccc(C(F)(F)F)c1)c1ccc(CN2CC(C(=O)O)C2)cc1. The van der Waals surface area contributed by atoms with Crippen LogP contribution < -0.4 is 4.90 Å². The summed E-state index contributed by atoms with van der Waals surface area (Å²) in [6.45, 7) is 2.19. The van der Waals surface area contributed by atoms with Crippen LogP contribution in [0.1, 0.15) is 16.7 Å². The molecule has 1 aliphatic rings. The van der Waals surface area contributed by atoms with E-state index in [0.717, 1.165) is 17.3 Å². The fourth-order valence-electron chi connectivity index (χ4n) is 3.18. The van der Waals surface area contributed by atoms with Crippen molar-refractivity contribution in [1.29, 1.82) is 0 Å². The molecule has 1 N–H and O–H groups in total. The first-order valence-corrected chi connectivity index (χ1v) is 8.64. The van der Waals surface area contributed by atoms with Gasteiger partial charge in [0, 0.05) is 38.9 Å². The number of carboxylic acids is 1. The number of nitrogens with zero attached hydrogens (tertiary/aromatic N) is 2. The lowest BCUT2D eigenvalue weighted by Gasteiger charge is -2.36. The first kappa shape index (κ1) is 19.2. The number of likely N-dealkylation sites (tertiary alicyclic amines) is 1. The van der Waals surface area contributed by atoms with Crippen molar-refractivity contribution in [2.24, 2.45) is 5.92 Å². The van der Waals surface area contributed by atoms with Crippen molar-refractivity contribution in [1.82, 2.24) is 4.90 Å². The van der Waals surface area contributed by atoms with E-state index >= 15 is 0 Å². The Balaban J connectivity index is 1.58. The fourth-order valence-corrected chi connectivity index (χ4v) is 3.18. The van der Waals surface area contributed by atoms with Gasteiger partial charge in [0.15, 0.2) is 0 Å². The van der Waals surface area contributed by atoms with Gasteiger partial charge in [-0.05, 0) is 35.4 Å². The zero-order chi connectivity index (χ0) is 19.6. The highest BCUT2D eigenvalue weighted by Crippen LogP contribution is 2.30. The van der Waals surface area contributed by atoms with Crippen molar-refractivity contribution >= 4 is 11.7 Å². The van der Waals surface area contributed by atoms with Crippen LogP contribution in [0, 0.1) is 5.92 Å². The van der Waals surface area contributed by atoms with E-state index in [0.29, 0.717) is 31.7 Å². The first-order chi connectivity index (χ1) is 12.7. The lowest BCUT2D eigenvalue weighted by molar-refractivity contribution is -0.147. The van der Waals surface area contributed by atoms with E-state index in [1.165, 1.54) is 12.1 Å². The molecule has 0 amide bonds. The number of aliphatic carboxylic acids is 1. The second-order valence-electron chi connectivity index (χ2n) is 6.95. The molecule has 0 radical (unpaired) electrons. The van der Waals surface area contributed by atoms with Crippen molar-refractivity contribution in [3.05, 3.63) is 65.2 Å². The Morgan fingerprint density at radius 3 is 2.41 bits per heavy atom. The van der Waals surface area contributed by atoms with Crippen LogP contribution in [0.15, 0.2) is 48.5 Å². The summed E-state index contributed by atoms with van der Waals surface area (Å²) in [4.78, 5) is 14.8. The maximum Gasteiger partial charge on any atom is 0.416 e. The largest absolute Gasteiger partial charge is 0.481 e. The monoisotopic (exact) mass is 378 g/mol. The molecule has 0 unspecified atom stereocenters. The minimum absolute atomic E-state index is 0.275. The van der Waals surface area contributed by atoms with E-state index in [4.69, 9.17) is 5.11 Å². The van der Waals surface area contributed by atoms with Gasteiger partial charge in [0.2, 0.25) is 0 Å². The molecule has 144 valence electrons. The fraction of sp³-hybridized carbons (Fsp3) is 0.350. The van der Waals surface area contributed by atoms with Crippen LogP contribution in [-0.4, -0.2) is 36.1 Å². The molecule has 2 aromatic rings. The Kier molecular flexibility index (Phi) is 5.41. The van der Waals surface area contributed by atoms with E-state index < -0.39 is 17.7 Å². The third kappa shape index (κ3) is 4.80. The summed E-state index contributed by atoms with van der Waals surface area (Å²) in [6.07, 6.45) is -4.34. The van der Waals surface area contributed by atoms with Gasteiger partial charge in [-0.2, -0.15) is 13.2 Å². The average molecular weight is 378 g/mol. The zero-order valence-corrected chi connectivity index (χ0v) is 14.9. The molecule has 0 aliphatic carbocycles. The molecule has 0 saturated carbocycles. The molecule has 1 fully saturated rings. The van der Waals surface area contributed by atoms with Crippen molar-refractivity contribution in [2.45, 2.75) is 19.3 Å². The summed E-state index contributed by atoms with van der Waals surface area (Å²) in [7, 11) is 1.84. The number of carboxylic acid groups (broad SMARTS) is 1. The van der Waals surface area contributed by atoms with E-state index in [2.05, 4.69) is 4.90 Å². The molecule has 27 heavy (non-hydrogen) atoms. The summed E-state index contributed by atoms with van der Waals surface area (Å²) in [5.41, 5.74) is 1.94. The van der Waals surface area contributed by atoms with E-state index in [9.17, 15) is 18.0 Å². The van der Waals surface area contributed by atoms with E-state index in [1.54, 1.807) is 6.07 Å². The minimum atomic E-state index is -4.34. The van der Waals surface area contributed by atoms with Gasteiger partial charge in [0.05, 0.1) is 11.5 Å². The number of rotatable bonds is 6. The molecule has 1 aliphatic heterocycles. The second-order valence-corrected chi connectivity index (χ2v) is 6.95. The number of hydrogen-bond acceptors (Lipinski definition) is 3. The van der Waals surface area contributed by atoms with Crippen LogP contribution in [0.25, 0.3) is 0 Å². The van der Waals surface area contributed by atoms with Gasteiger partial charge in [0.1, 0.15) is 0 Å². The number of carbonyl (C=O) groups is 1. The van der Waals surface area contributed by atoms with Crippen molar-refractivity contribution in [3.8, 4) is 0 Å². The number of hydrogen-bond donors (Lipinski definition) is 1. The number of halogens is 3. The number of alkyl halides is 3. The van der Waals surface area contributed by atoms with E-state index in [1.807, 2.05) is 36.2 Å². The van der Waals surface area contributed by atoms with Gasteiger partial charge >= 0.3 is 12.1 Å². The van der Waals surface area contributed by atoms with Gasteiger partial charge in [-0.1, -0.05) is 24.3 Å². The molecule has 3 rings (SSSR count). The van der Waals surface area contributed by atoms with Crippen LogP contribution >= 0.6 is 0 Å². The third-order valence-corrected chi connectivity index (χ3v) is 4.76. The third-order valence-electron chi connectivity index (χ3n) is 4.76. The topological polar surface area (TPSA) is 43.8 Å². The predicted octanol–water partition coefficient (Wildman–Crippen LogP) is 3.86. The molecule has 0 aromatic heterocycles. The van der Waals surface area contributed by atoms with Gasteiger partial charge < -0.3 is 10.0 Å². The summed E-state index contributed by atoms with van der Waals surface area (Å²) >= 11 is 0. The highest BCUT2D eigenvalue weighted by Gasteiger charge is 2.32. The normalized spacial score (nSPS) is 15.4. The van der Waals surface area contributed by atoms with Crippen molar-refractivity contribution in [2.75, 3.05) is 25.0 Å². The number of anilines is 1. The molecular weight excluding hydrogens is 357 g/mol. The lowest BCUT2D eigenvalue weighted by atomic mass is 9.99. The van der Waals surface area contributed by atoms with Crippen LogP contribution in [-0.2, 0) is 24.1 Å².